The molecule has 1 N–H and O–H groups in total. The fourth-order valence-corrected chi connectivity index (χ4v) is 4.72. The zero-order chi connectivity index (χ0) is 27.2. The lowest BCUT2D eigenvalue weighted by Crippen LogP contribution is -2.29. The van der Waals surface area contributed by atoms with Gasteiger partial charge in [-0.1, -0.05) is 49.6 Å². The predicted octanol–water partition coefficient (Wildman–Crippen LogP) is 5.90. The van der Waals surface area contributed by atoms with Crippen LogP contribution < -0.4 is 9.47 Å². The number of ether oxygens (including phenoxy) is 2. The number of likely N-dealkylation sites (tertiary alicyclic amines) is 1. The Morgan fingerprint density at radius 2 is 1.87 bits per heavy atom. The minimum absolute atomic E-state index is 0.0475. The summed E-state index contributed by atoms with van der Waals surface area (Å²) in [5.41, 5.74) is 3.72. The smallest absolute Gasteiger partial charge is 0.295 e. The average molecular weight is 515 g/mol. The van der Waals surface area contributed by atoms with E-state index in [4.69, 9.17) is 9.47 Å². The topological polar surface area (TPSA) is 89.0 Å². The van der Waals surface area contributed by atoms with E-state index in [0.29, 0.717) is 29.2 Å². The van der Waals surface area contributed by atoms with Crippen LogP contribution in [0.15, 0.2) is 66.5 Å². The third kappa shape index (κ3) is 5.57. The molecule has 1 aliphatic rings. The van der Waals surface area contributed by atoms with Gasteiger partial charge in [0.15, 0.2) is 11.5 Å². The molecule has 0 spiro atoms. The summed E-state index contributed by atoms with van der Waals surface area (Å²) in [5, 5.41) is 11.5. The monoisotopic (exact) mass is 514 g/mol. The van der Waals surface area contributed by atoms with E-state index >= 15 is 0 Å². The highest BCUT2D eigenvalue weighted by atomic mass is 16.5. The van der Waals surface area contributed by atoms with Crippen LogP contribution in [0.5, 0.6) is 11.5 Å². The Morgan fingerprint density at radius 1 is 1.05 bits per heavy atom. The van der Waals surface area contributed by atoms with Crippen molar-refractivity contribution in [3.05, 3.63) is 94.3 Å². The van der Waals surface area contributed by atoms with Crippen molar-refractivity contribution in [1.29, 1.82) is 0 Å². The van der Waals surface area contributed by atoms with Gasteiger partial charge >= 0.3 is 0 Å². The number of aliphatic hydroxyl groups excluding tert-OH is 1. The van der Waals surface area contributed by atoms with Crippen LogP contribution >= 0.6 is 0 Å². The molecule has 0 aliphatic carbocycles. The Balaban J connectivity index is 1.83. The highest BCUT2D eigenvalue weighted by Gasteiger charge is 2.46. The maximum Gasteiger partial charge on any atom is 0.295 e. The molecule has 1 amide bonds. The largest absolute Gasteiger partial charge is 0.507 e. The van der Waals surface area contributed by atoms with E-state index in [1.54, 1.807) is 37.7 Å². The zero-order valence-electron chi connectivity index (χ0n) is 22.4. The van der Waals surface area contributed by atoms with Crippen LogP contribution in [0.1, 0.15) is 60.0 Å². The number of Topliss-reactive ketones (excluding diaryl/α,β-unsaturated/α-hetero) is 1. The lowest BCUT2D eigenvalue weighted by Gasteiger charge is -2.26. The zero-order valence-corrected chi connectivity index (χ0v) is 22.4. The Hall–Kier alpha value is -4.13. The number of benzene rings is 2. The van der Waals surface area contributed by atoms with E-state index in [0.717, 1.165) is 36.0 Å². The second-order valence-electron chi connectivity index (χ2n) is 9.57. The standard InChI is InChI=1S/C31H34N2O5/c1-5-6-7-15-38-25-13-12-23(17-26(25)37-4)28-27(29(34)24-16-20(2)10-11-21(24)3)30(35)31(36)33(28)19-22-9-8-14-32-18-22/h8-14,16-18,28,34H,5-7,15,19H2,1-4H3. The average Bonchev–Trinajstić information content (AvgIpc) is 3.17. The minimum Gasteiger partial charge on any atom is -0.507 e. The number of aliphatic hydroxyl groups is 1. The second kappa shape index (κ2) is 11.9. The van der Waals surface area contributed by atoms with Gasteiger partial charge in [0, 0.05) is 24.5 Å². The number of aromatic nitrogens is 1. The first-order chi connectivity index (χ1) is 18.3. The van der Waals surface area contributed by atoms with Crippen LogP contribution in [0.4, 0.5) is 0 Å². The first-order valence-electron chi connectivity index (χ1n) is 12.9. The van der Waals surface area contributed by atoms with Gasteiger partial charge in [0.05, 0.1) is 25.3 Å². The predicted molar refractivity (Wildman–Crippen MR) is 146 cm³/mol. The van der Waals surface area contributed by atoms with Gasteiger partial charge in [0.2, 0.25) is 0 Å². The van der Waals surface area contributed by atoms with E-state index in [2.05, 4.69) is 11.9 Å². The number of unbranched alkanes of at least 4 members (excludes halogenated alkanes) is 2. The molecule has 7 nitrogen and oxygen atoms in total. The van der Waals surface area contributed by atoms with Crippen molar-refractivity contribution in [1.82, 2.24) is 9.88 Å². The molecule has 1 saturated heterocycles. The van der Waals surface area contributed by atoms with Crippen LogP contribution in [0.25, 0.3) is 5.76 Å². The van der Waals surface area contributed by atoms with Crippen molar-refractivity contribution in [2.24, 2.45) is 0 Å². The molecule has 7 heteroatoms. The molecule has 198 valence electrons. The van der Waals surface area contributed by atoms with Crippen LogP contribution in [0, 0.1) is 13.8 Å². The first kappa shape index (κ1) is 26.9. The molecule has 1 atom stereocenters. The maximum absolute atomic E-state index is 13.4. The summed E-state index contributed by atoms with van der Waals surface area (Å²) in [6.07, 6.45) is 6.41. The highest BCUT2D eigenvalue weighted by Crippen LogP contribution is 2.43. The summed E-state index contributed by atoms with van der Waals surface area (Å²) < 4.78 is 11.6. The number of carbonyl (C=O) groups is 2. The Labute approximate surface area is 223 Å². The van der Waals surface area contributed by atoms with Crippen molar-refractivity contribution in [3.63, 3.8) is 0 Å². The number of amides is 1. The van der Waals surface area contributed by atoms with Gasteiger partial charge in [-0.25, -0.2) is 0 Å². The van der Waals surface area contributed by atoms with E-state index in [1.807, 2.05) is 44.2 Å². The van der Waals surface area contributed by atoms with Crippen molar-refractivity contribution in [2.75, 3.05) is 13.7 Å². The van der Waals surface area contributed by atoms with E-state index in [-0.39, 0.29) is 17.9 Å². The minimum atomic E-state index is -0.821. The quantitative estimate of drug-likeness (QED) is 0.157. The molecule has 4 rings (SSSR count). The molecule has 1 fully saturated rings. The van der Waals surface area contributed by atoms with E-state index in [9.17, 15) is 14.7 Å². The summed E-state index contributed by atoms with van der Waals surface area (Å²) >= 11 is 0. The van der Waals surface area contributed by atoms with Crippen molar-refractivity contribution in [3.8, 4) is 11.5 Å². The van der Waals surface area contributed by atoms with Crippen LogP contribution in [0.3, 0.4) is 0 Å². The summed E-state index contributed by atoms with van der Waals surface area (Å²) in [5.74, 6) is -0.508. The van der Waals surface area contributed by atoms with Crippen LogP contribution in [-0.4, -0.2) is 40.4 Å². The summed E-state index contributed by atoms with van der Waals surface area (Å²) in [4.78, 5) is 32.4. The molecule has 0 saturated carbocycles. The number of aryl methyl sites for hydroxylation is 2. The molecule has 3 aromatic rings. The van der Waals surface area contributed by atoms with E-state index in [1.165, 1.54) is 4.90 Å². The van der Waals surface area contributed by atoms with Gasteiger partial charge in [-0.3, -0.25) is 14.6 Å². The molecule has 0 radical (unpaired) electrons. The number of nitrogens with zero attached hydrogens (tertiary/aromatic N) is 2. The van der Waals surface area contributed by atoms with Crippen LogP contribution in [0.2, 0.25) is 0 Å². The molecule has 1 aliphatic heterocycles. The number of hydrogen-bond donors (Lipinski definition) is 1. The van der Waals surface area contributed by atoms with Crippen molar-refractivity contribution in [2.45, 2.75) is 52.6 Å². The fourth-order valence-electron chi connectivity index (χ4n) is 4.72. The number of hydrogen-bond acceptors (Lipinski definition) is 6. The molecule has 1 aromatic heterocycles. The lowest BCUT2D eigenvalue weighted by molar-refractivity contribution is -0.140. The lowest BCUT2D eigenvalue weighted by atomic mass is 9.93. The number of carbonyl (C=O) groups excluding carboxylic acids is 2. The normalized spacial score (nSPS) is 16.6. The molecule has 1 unspecified atom stereocenters. The summed E-state index contributed by atoms with van der Waals surface area (Å²) in [7, 11) is 1.56. The molecular formula is C31H34N2O5. The summed E-state index contributed by atoms with van der Waals surface area (Å²) in [6, 6.07) is 13.9. The molecular weight excluding hydrogens is 480 g/mol. The van der Waals surface area contributed by atoms with E-state index < -0.39 is 17.7 Å². The van der Waals surface area contributed by atoms with Crippen LogP contribution in [-0.2, 0) is 16.1 Å². The Kier molecular flexibility index (Phi) is 8.46. The SMILES string of the molecule is CCCCCOc1ccc(C2C(=C(O)c3cc(C)ccc3C)C(=O)C(=O)N2Cc2cccnc2)cc1OC. The molecule has 2 aromatic carbocycles. The third-order valence-corrected chi connectivity index (χ3v) is 6.77. The fraction of sp³-hybridized carbons (Fsp3) is 0.323. The Bertz CT molecular complexity index is 1350. The second-order valence-corrected chi connectivity index (χ2v) is 9.57. The van der Waals surface area contributed by atoms with Gasteiger partial charge in [0.25, 0.3) is 11.7 Å². The molecule has 2 heterocycles. The highest BCUT2D eigenvalue weighted by molar-refractivity contribution is 6.46. The third-order valence-electron chi connectivity index (χ3n) is 6.77. The molecule has 38 heavy (non-hydrogen) atoms. The number of rotatable bonds is 10. The first-order valence-corrected chi connectivity index (χ1v) is 12.9. The number of methoxy groups -OCH3 is 1. The molecule has 0 bridgehead atoms. The van der Waals surface area contributed by atoms with Gasteiger partial charge in [-0.2, -0.15) is 0 Å². The van der Waals surface area contributed by atoms with Gasteiger partial charge in [0.1, 0.15) is 5.76 Å². The number of pyridine rings is 1. The van der Waals surface area contributed by atoms with Gasteiger partial charge in [-0.05, 0) is 61.2 Å². The number of ketones is 1. The Morgan fingerprint density at radius 3 is 2.58 bits per heavy atom. The van der Waals surface area contributed by atoms with Crippen molar-refractivity contribution < 1.29 is 24.2 Å². The van der Waals surface area contributed by atoms with Gasteiger partial charge in [-0.15, -0.1) is 0 Å². The summed E-state index contributed by atoms with van der Waals surface area (Å²) in [6.45, 7) is 6.64. The van der Waals surface area contributed by atoms with Crippen molar-refractivity contribution >= 4 is 17.4 Å². The maximum atomic E-state index is 13.4. The van der Waals surface area contributed by atoms with Gasteiger partial charge < -0.3 is 19.5 Å².